The van der Waals surface area contributed by atoms with Gasteiger partial charge in [0.1, 0.15) is 0 Å². The summed E-state index contributed by atoms with van der Waals surface area (Å²) in [6, 6.07) is 16.2. The number of benzene rings is 2. The lowest BCUT2D eigenvalue weighted by Crippen LogP contribution is -1.94. The molecule has 3 aromatic rings. The van der Waals surface area contributed by atoms with Gasteiger partial charge in [0, 0.05) is 33.2 Å². The van der Waals surface area contributed by atoms with Crippen LogP contribution in [-0.2, 0) is 5.75 Å². The van der Waals surface area contributed by atoms with Gasteiger partial charge in [0.25, 0.3) is 0 Å². The predicted octanol–water partition coefficient (Wildman–Crippen LogP) is 4.35. The van der Waals surface area contributed by atoms with Gasteiger partial charge in [-0.3, -0.25) is 4.79 Å². The van der Waals surface area contributed by atoms with Crippen molar-refractivity contribution in [1.82, 2.24) is 4.98 Å². The standard InChI is InChI=1S/C18H15NO2S/c1-21-18-15-8-5-9-16(17(15)14(11-20)10-19-18)22-12-13-6-3-2-4-7-13/h2-11H,12H2,1H3. The molecule has 0 spiro atoms. The Morgan fingerprint density at radius 3 is 2.68 bits per heavy atom. The number of fused-ring (bicyclic) bond motifs is 1. The number of hydrogen-bond donors (Lipinski definition) is 0. The van der Waals surface area contributed by atoms with Gasteiger partial charge < -0.3 is 4.74 Å². The summed E-state index contributed by atoms with van der Waals surface area (Å²) in [6.45, 7) is 0. The van der Waals surface area contributed by atoms with Crippen molar-refractivity contribution in [2.24, 2.45) is 0 Å². The number of carbonyl (C=O) groups is 1. The van der Waals surface area contributed by atoms with E-state index in [1.807, 2.05) is 36.4 Å². The molecule has 22 heavy (non-hydrogen) atoms. The Hall–Kier alpha value is -2.33. The van der Waals surface area contributed by atoms with Crippen LogP contribution in [0.3, 0.4) is 0 Å². The van der Waals surface area contributed by atoms with Crippen molar-refractivity contribution in [2.45, 2.75) is 10.6 Å². The van der Waals surface area contributed by atoms with Gasteiger partial charge in [-0.2, -0.15) is 0 Å². The fourth-order valence-corrected chi connectivity index (χ4v) is 3.44. The van der Waals surface area contributed by atoms with E-state index in [0.717, 1.165) is 27.7 Å². The number of carbonyl (C=O) groups excluding carboxylic acids is 1. The average Bonchev–Trinajstić information content (AvgIpc) is 2.59. The van der Waals surface area contributed by atoms with Crippen molar-refractivity contribution in [2.75, 3.05) is 7.11 Å². The quantitative estimate of drug-likeness (QED) is 0.519. The molecule has 3 nitrogen and oxygen atoms in total. The van der Waals surface area contributed by atoms with Gasteiger partial charge in [-0.1, -0.05) is 36.4 Å². The highest BCUT2D eigenvalue weighted by molar-refractivity contribution is 7.98. The van der Waals surface area contributed by atoms with Crippen molar-refractivity contribution >= 4 is 28.8 Å². The predicted molar refractivity (Wildman–Crippen MR) is 89.7 cm³/mol. The second-order valence-electron chi connectivity index (χ2n) is 4.79. The molecule has 0 radical (unpaired) electrons. The summed E-state index contributed by atoms with van der Waals surface area (Å²) in [5, 5.41) is 1.77. The number of aldehydes is 1. The third-order valence-corrected chi connectivity index (χ3v) is 4.55. The number of ether oxygens (including phenoxy) is 1. The molecule has 0 N–H and O–H groups in total. The zero-order chi connectivity index (χ0) is 15.4. The Bertz CT molecular complexity index is 803. The molecule has 0 saturated carbocycles. The SMILES string of the molecule is COc1ncc(C=O)c2c(SCc3ccccc3)cccc12. The molecule has 1 heterocycles. The number of thioether (sulfide) groups is 1. The molecule has 3 rings (SSSR count). The molecule has 0 aliphatic rings. The number of pyridine rings is 1. The van der Waals surface area contributed by atoms with Gasteiger partial charge in [-0.25, -0.2) is 4.98 Å². The van der Waals surface area contributed by atoms with Gasteiger partial charge in [0.05, 0.1) is 7.11 Å². The minimum atomic E-state index is 0.544. The van der Waals surface area contributed by atoms with E-state index in [0.29, 0.717) is 11.4 Å². The van der Waals surface area contributed by atoms with Crippen molar-refractivity contribution in [3.63, 3.8) is 0 Å². The van der Waals surface area contributed by atoms with Crippen molar-refractivity contribution < 1.29 is 9.53 Å². The number of aromatic nitrogens is 1. The third-order valence-electron chi connectivity index (χ3n) is 3.42. The number of hydrogen-bond acceptors (Lipinski definition) is 4. The molecule has 0 amide bonds. The summed E-state index contributed by atoms with van der Waals surface area (Å²) in [5.74, 6) is 1.39. The first-order valence-corrected chi connectivity index (χ1v) is 7.89. The van der Waals surface area contributed by atoms with Crippen molar-refractivity contribution in [3.8, 4) is 5.88 Å². The van der Waals surface area contributed by atoms with Gasteiger partial charge >= 0.3 is 0 Å². The van der Waals surface area contributed by atoms with Crippen LogP contribution in [0.1, 0.15) is 15.9 Å². The van der Waals surface area contributed by atoms with Crippen LogP contribution in [0.15, 0.2) is 59.6 Å². The fourth-order valence-electron chi connectivity index (χ4n) is 2.38. The van der Waals surface area contributed by atoms with E-state index < -0.39 is 0 Å². The average molecular weight is 309 g/mol. The van der Waals surface area contributed by atoms with Gasteiger partial charge in [0.2, 0.25) is 5.88 Å². The Morgan fingerprint density at radius 2 is 1.95 bits per heavy atom. The molecule has 0 bridgehead atoms. The van der Waals surface area contributed by atoms with Crippen LogP contribution in [0.5, 0.6) is 5.88 Å². The minimum Gasteiger partial charge on any atom is -0.481 e. The maximum atomic E-state index is 11.4. The highest BCUT2D eigenvalue weighted by Crippen LogP contribution is 2.35. The first kappa shape index (κ1) is 14.6. The fraction of sp³-hybridized carbons (Fsp3) is 0.111. The van der Waals surface area contributed by atoms with Gasteiger partial charge in [0.15, 0.2) is 6.29 Å². The van der Waals surface area contributed by atoms with Crippen LogP contribution < -0.4 is 4.74 Å². The van der Waals surface area contributed by atoms with Crippen LogP contribution in [-0.4, -0.2) is 18.4 Å². The third kappa shape index (κ3) is 2.83. The van der Waals surface area contributed by atoms with Crippen LogP contribution in [0.25, 0.3) is 10.8 Å². The summed E-state index contributed by atoms with van der Waals surface area (Å²) in [7, 11) is 1.59. The molecular formula is C18H15NO2S. The summed E-state index contributed by atoms with van der Waals surface area (Å²) in [6.07, 6.45) is 2.42. The molecule has 0 aliphatic heterocycles. The van der Waals surface area contributed by atoms with Crippen molar-refractivity contribution in [1.29, 1.82) is 0 Å². The van der Waals surface area contributed by atoms with E-state index in [4.69, 9.17) is 4.74 Å². The van der Waals surface area contributed by atoms with Crippen LogP contribution in [0, 0.1) is 0 Å². The highest BCUT2D eigenvalue weighted by Gasteiger charge is 2.12. The lowest BCUT2D eigenvalue weighted by molar-refractivity contribution is 0.112. The van der Waals surface area contributed by atoms with Crippen LogP contribution in [0.4, 0.5) is 0 Å². The van der Waals surface area contributed by atoms with E-state index in [2.05, 4.69) is 17.1 Å². The first-order chi connectivity index (χ1) is 10.8. The lowest BCUT2D eigenvalue weighted by Gasteiger charge is -2.11. The zero-order valence-corrected chi connectivity index (χ0v) is 13.0. The molecule has 2 aromatic carbocycles. The van der Waals surface area contributed by atoms with Gasteiger partial charge in [-0.15, -0.1) is 11.8 Å². The summed E-state index contributed by atoms with van der Waals surface area (Å²) in [5.41, 5.74) is 1.84. The van der Waals surface area contributed by atoms with E-state index in [1.54, 1.807) is 25.1 Å². The number of methoxy groups -OCH3 is 1. The Labute approximate surface area is 133 Å². The molecule has 1 aromatic heterocycles. The molecule has 4 heteroatoms. The Morgan fingerprint density at radius 1 is 1.14 bits per heavy atom. The Kier molecular flexibility index (Phi) is 4.39. The Balaban J connectivity index is 2.03. The van der Waals surface area contributed by atoms with E-state index >= 15 is 0 Å². The minimum absolute atomic E-state index is 0.544. The largest absolute Gasteiger partial charge is 0.481 e. The molecule has 0 aliphatic carbocycles. The molecule has 0 saturated heterocycles. The monoisotopic (exact) mass is 309 g/mol. The molecule has 0 unspecified atom stereocenters. The maximum absolute atomic E-state index is 11.4. The normalized spacial score (nSPS) is 10.6. The first-order valence-electron chi connectivity index (χ1n) is 6.91. The molecular weight excluding hydrogens is 294 g/mol. The summed E-state index contributed by atoms with van der Waals surface area (Å²) in [4.78, 5) is 16.6. The van der Waals surface area contributed by atoms with Crippen molar-refractivity contribution in [3.05, 3.63) is 65.9 Å². The lowest BCUT2D eigenvalue weighted by atomic mass is 10.1. The van der Waals surface area contributed by atoms with Crippen LogP contribution in [0.2, 0.25) is 0 Å². The van der Waals surface area contributed by atoms with E-state index in [-0.39, 0.29) is 0 Å². The van der Waals surface area contributed by atoms with E-state index in [1.165, 1.54) is 5.56 Å². The smallest absolute Gasteiger partial charge is 0.221 e. The summed E-state index contributed by atoms with van der Waals surface area (Å²) >= 11 is 1.71. The highest BCUT2D eigenvalue weighted by atomic mass is 32.2. The van der Waals surface area contributed by atoms with E-state index in [9.17, 15) is 4.79 Å². The number of rotatable bonds is 5. The molecule has 110 valence electrons. The molecule has 0 fully saturated rings. The maximum Gasteiger partial charge on any atom is 0.221 e. The zero-order valence-electron chi connectivity index (χ0n) is 12.2. The van der Waals surface area contributed by atoms with Crippen LogP contribution >= 0.6 is 11.8 Å². The second kappa shape index (κ2) is 6.62. The van der Waals surface area contributed by atoms with Gasteiger partial charge in [-0.05, 0) is 17.7 Å². The second-order valence-corrected chi connectivity index (χ2v) is 5.81. The summed E-state index contributed by atoms with van der Waals surface area (Å²) < 4.78 is 5.31. The number of nitrogens with zero attached hydrogens (tertiary/aromatic N) is 1. The topological polar surface area (TPSA) is 39.2 Å². The molecule has 0 atom stereocenters.